The van der Waals surface area contributed by atoms with Crippen LogP contribution >= 0.6 is 0 Å². The first kappa shape index (κ1) is 17.0. The molecule has 0 bridgehead atoms. The molecular weight excluding hydrogens is 302 g/mol. The van der Waals surface area contributed by atoms with Gasteiger partial charge in [0.05, 0.1) is 12.9 Å². The zero-order valence-electron chi connectivity index (χ0n) is 13.5. The molecule has 0 spiro atoms. The number of carbonyl (C=O) groups is 1. The maximum atomic E-state index is 12.2. The molecule has 0 unspecified atom stereocenters. The second-order valence-corrected chi connectivity index (χ2v) is 7.90. The van der Waals surface area contributed by atoms with Crippen molar-refractivity contribution in [1.29, 1.82) is 0 Å². The average molecular weight is 325 g/mol. The molecule has 6 heteroatoms. The lowest BCUT2D eigenvalue weighted by Crippen LogP contribution is -2.25. The lowest BCUT2D eigenvalue weighted by atomic mass is 9.97. The summed E-state index contributed by atoms with van der Waals surface area (Å²) in [5.74, 6) is 0.366. The van der Waals surface area contributed by atoms with Gasteiger partial charge in [0.1, 0.15) is 0 Å². The number of hydrogen-bond acceptors (Lipinski definition) is 4. The number of anilines is 1. The molecule has 1 aromatic rings. The lowest BCUT2D eigenvalue weighted by Gasteiger charge is -2.19. The Kier molecular flexibility index (Phi) is 4.92. The first-order valence-corrected chi connectivity index (χ1v) is 9.24. The van der Waals surface area contributed by atoms with Crippen LogP contribution < -0.4 is 4.90 Å². The SMILES string of the molecule is Cc1cc(N2C[C@H](COS(C)(=O)=O)CC2=O)ccc1C(C)C. The summed E-state index contributed by atoms with van der Waals surface area (Å²) >= 11 is 0. The summed E-state index contributed by atoms with van der Waals surface area (Å²) in [5, 5.41) is 0. The second-order valence-electron chi connectivity index (χ2n) is 6.26. The van der Waals surface area contributed by atoms with Crippen LogP contribution in [0.4, 0.5) is 5.69 Å². The van der Waals surface area contributed by atoms with Crippen LogP contribution in [0.1, 0.15) is 37.3 Å². The molecule has 1 fully saturated rings. The van der Waals surface area contributed by atoms with E-state index >= 15 is 0 Å². The molecule has 1 saturated heterocycles. The summed E-state index contributed by atoms with van der Waals surface area (Å²) < 4.78 is 26.9. The fraction of sp³-hybridized carbons (Fsp3) is 0.562. The number of rotatable bonds is 5. The van der Waals surface area contributed by atoms with Crippen LogP contribution in [0.15, 0.2) is 18.2 Å². The largest absolute Gasteiger partial charge is 0.312 e. The van der Waals surface area contributed by atoms with Crippen LogP contribution in [-0.4, -0.2) is 33.7 Å². The molecular formula is C16H23NO4S. The van der Waals surface area contributed by atoms with E-state index in [0.29, 0.717) is 18.9 Å². The first-order valence-electron chi connectivity index (χ1n) is 7.42. The maximum Gasteiger partial charge on any atom is 0.264 e. The number of nitrogens with zero attached hydrogens (tertiary/aromatic N) is 1. The van der Waals surface area contributed by atoms with E-state index in [2.05, 4.69) is 19.9 Å². The van der Waals surface area contributed by atoms with E-state index in [1.165, 1.54) is 5.56 Å². The molecule has 0 N–H and O–H groups in total. The number of amides is 1. The molecule has 22 heavy (non-hydrogen) atoms. The molecule has 2 rings (SSSR count). The molecule has 1 aromatic carbocycles. The van der Waals surface area contributed by atoms with Crippen LogP contribution in [0.2, 0.25) is 0 Å². The average Bonchev–Trinajstić information content (AvgIpc) is 2.76. The first-order chi connectivity index (χ1) is 10.2. The summed E-state index contributed by atoms with van der Waals surface area (Å²) in [6.07, 6.45) is 1.34. The Morgan fingerprint density at radius 3 is 2.59 bits per heavy atom. The highest BCUT2D eigenvalue weighted by atomic mass is 32.2. The number of benzene rings is 1. The van der Waals surface area contributed by atoms with E-state index in [1.54, 1.807) is 4.90 Å². The number of hydrogen-bond donors (Lipinski definition) is 0. The van der Waals surface area contributed by atoms with Crippen molar-refractivity contribution in [3.8, 4) is 0 Å². The normalized spacial score (nSPS) is 19.2. The standard InChI is InChI=1S/C16H23NO4S/c1-11(2)15-6-5-14(7-12(15)3)17-9-13(8-16(17)18)10-21-22(4,19)20/h5-7,11,13H,8-10H2,1-4H3/t13-/m1/s1. The van der Waals surface area contributed by atoms with Crippen LogP contribution in [-0.2, 0) is 19.1 Å². The van der Waals surface area contributed by atoms with Gasteiger partial charge >= 0.3 is 0 Å². The summed E-state index contributed by atoms with van der Waals surface area (Å²) in [5.41, 5.74) is 3.30. The minimum Gasteiger partial charge on any atom is -0.312 e. The van der Waals surface area contributed by atoms with E-state index in [1.807, 2.05) is 19.1 Å². The van der Waals surface area contributed by atoms with E-state index in [4.69, 9.17) is 4.18 Å². The predicted molar refractivity (Wildman–Crippen MR) is 86.5 cm³/mol. The third kappa shape index (κ3) is 4.08. The van der Waals surface area contributed by atoms with Crippen molar-refractivity contribution < 1.29 is 17.4 Å². The Morgan fingerprint density at radius 1 is 1.36 bits per heavy atom. The molecule has 0 saturated carbocycles. The van der Waals surface area contributed by atoms with Gasteiger partial charge in [-0.05, 0) is 36.1 Å². The Labute approximate surface area is 132 Å². The number of carbonyl (C=O) groups excluding carboxylic acids is 1. The molecule has 0 radical (unpaired) electrons. The van der Waals surface area contributed by atoms with Gasteiger partial charge in [0.25, 0.3) is 10.1 Å². The van der Waals surface area contributed by atoms with E-state index in [0.717, 1.165) is 17.5 Å². The van der Waals surface area contributed by atoms with Crippen molar-refractivity contribution in [3.63, 3.8) is 0 Å². The molecule has 1 aliphatic heterocycles. The van der Waals surface area contributed by atoms with Gasteiger partial charge in [-0.2, -0.15) is 8.42 Å². The minimum atomic E-state index is -3.46. The summed E-state index contributed by atoms with van der Waals surface area (Å²) in [6, 6.07) is 6.04. The van der Waals surface area contributed by atoms with Crippen molar-refractivity contribution in [1.82, 2.24) is 0 Å². The van der Waals surface area contributed by atoms with Crippen molar-refractivity contribution >= 4 is 21.7 Å². The van der Waals surface area contributed by atoms with Crippen LogP contribution in [0.5, 0.6) is 0 Å². The Morgan fingerprint density at radius 2 is 2.05 bits per heavy atom. The molecule has 0 aromatic heterocycles. The van der Waals surface area contributed by atoms with Crippen molar-refractivity contribution in [2.45, 2.75) is 33.1 Å². The zero-order chi connectivity index (χ0) is 16.5. The molecule has 1 aliphatic rings. The Balaban J connectivity index is 2.10. The van der Waals surface area contributed by atoms with Gasteiger partial charge in [-0.1, -0.05) is 19.9 Å². The topological polar surface area (TPSA) is 63.7 Å². The molecule has 0 aliphatic carbocycles. The third-order valence-corrected chi connectivity index (χ3v) is 4.47. The zero-order valence-corrected chi connectivity index (χ0v) is 14.3. The highest BCUT2D eigenvalue weighted by Crippen LogP contribution is 2.29. The second kappa shape index (κ2) is 6.38. The minimum absolute atomic E-state index is 0.0128. The van der Waals surface area contributed by atoms with E-state index in [-0.39, 0.29) is 18.4 Å². The lowest BCUT2D eigenvalue weighted by molar-refractivity contribution is -0.117. The summed E-state index contributed by atoms with van der Waals surface area (Å²) in [6.45, 7) is 6.88. The van der Waals surface area contributed by atoms with Crippen molar-refractivity contribution in [2.24, 2.45) is 5.92 Å². The Hall–Kier alpha value is -1.40. The van der Waals surface area contributed by atoms with E-state index in [9.17, 15) is 13.2 Å². The van der Waals surface area contributed by atoms with Crippen LogP contribution in [0.25, 0.3) is 0 Å². The quantitative estimate of drug-likeness (QED) is 0.780. The number of aryl methyl sites for hydroxylation is 1. The van der Waals surface area contributed by atoms with Crippen molar-refractivity contribution in [3.05, 3.63) is 29.3 Å². The van der Waals surface area contributed by atoms with Crippen LogP contribution in [0, 0.1) is 12.8 Å². The van der Waals surface area contributed by atoms with Gasteiger partial charge in [0.15, 0.2) is 0 Å². The van der Waals surface area contributed by atoms with Gasteiger partial charge in [-0.25, -0.2) is 0 Å². The third-order valence-electron chi connectivity index (χ3n) is 3.91. The Bertz CT molecular complexity index is 667. The molecule has 122 valence electrons. The van der Waals surface area contributed by atoms with E-state index < -0.39 is 10.1 Å². The highest BCUT2D eigenvalue weighted by molar-refractivity contribution is 7.85. The van der Waals surface area contributed by atoms with Crippen molar-refractivity contribution in [2.75, 3.05) is 24.3 Å². The van der Waals surface area contributed by atoms with Gasteiger partial charge in [-0.15, -0.1) is 0 Å². The molecule has 1 heterocycles. The fourth-order valence-corrected chi connectivity index (χ4v) is 3.28. The smallest absolute Gasteiger partial charge is 0.264 e. The molecule has 1 amide bonds. The van der Waals surface area contributed by atoms with Gasteiger partial charge in [0, 0.05) is 24.6 Å². The monoisotopic (exact) mass is 325 g/mol. The predicted octanol–water partition coefficient (Wildman–Crippen LogP) is 2.45. The van der Waals surface area contributed by atoms with Crippen LogP contribution in [0.3, 0.4) is 0 Å². The highest BCUT2D eigenvalue weighted by Gasteiger charge is 2.31. The maximum absolute atomic E-state index is 12.2. The van der Waals surface area contributed by atoms with Gasteiger partial charge in [0.2, 0.25) is 5.91 Å². The fourth-order valence-electron chi connectivity index (χ4n) is 2.84. The summed E-state index contributed by atoms with van der Waals surface area (Å²) in [4.78, 5) is 13.9. The van der Waals surface area contributed by atoms with Gasteiger partial charge < -0.3 is 4.90 Å². The molecule has 1 atom stereocenters. The molecule has 5 nitrogen and oxygen atoms in total. The van der Waals surface area contributed by atoms with Gasteiger partial charge in [-0.3, -0.25) is 8.98 Å². The summed E-state index contributed by atoms with van der Waals surface area (Å²) in [7, 11) is -3.46.